The fraction of sp³-hybridized carbons (Fsp3) is 0.385. The summed E-state index contributed by atoms with van der Waals surface area (Å²) in [7, 11) is 0. The van der Waals surface area contributed by atoms with Gasteiger partial charge in [0.2, 0.25) is 5.89 Å². The van der Waals surface area contributed by atoms with Crippen molar-refractivity contribution in [3.63, 3.8) is 0 Å². The molecule has 1 atom stereocenters. The Morgan fingerprint density at radius 1 is 1.28 bits per heavy atom. The Balaban J connectivity index is 1.63. The van der Waals surface area contributed by atoms with E-state index in [0.29, 0.717) is 17.2 Å². The van der Waals surface area contributed by atoms with Crippen molar-refractivity contribution in [3.8, 4) is 11.5 Å². The fourth-order valence-electron chi connectivity index (χ4n) is 2.04. The number of aromatic nitrogens is 2. The van der Waals surface area contributed by atoms with Crippen LogP contribution in [0.25, 0.3) is 11.5 Å². The summed E-state index contributed by atoms with van der Waals surface area (Å²) in [6, 6.07) is 10.4. The number of thioether (sulfide) groups is 1. The number of hydrogen-bond donors (Lipinski definition) is 1. The van der Waals surface area contributed by atoms with Crippen LogP contribution in [-0.4, -0.2) is 28.5 Å². The molecular weight excluding hydrogens is 246 g/mol. The maximum Gasteiger partial charge on any atom is 0.276 e. The minimum atomic E-state index is 0.585. The lowest BCUT2D eigenvalue weighted by Gasteiger charge is -2.06. The molecule has 4 nitrogen and oxygen atoms in total. The van der Waals surface area contributed by atoms with Crippen molar-refractivity contribution in [1.82, 2.24) is 15.5 Å². The van der Waals surface area contributed by atoms with E-state index in [0.717, 1.165) is 17.9 Å². The van der Waals surface area contributed by atoms with Gasteiger partial charge in [0.05, 0.1) is 0 Å². The highest BCUT2D eigenvalue weighted by atomic mass is 32.2. The standard InChI is InChI=1S/C13H15N3OS/c1-2-5-10(6-3-1)12-15-16-13(17-12)18-9-11-7-4-8-14-11/h1-3,5-6,11,14H,4,7-9H2/t11-/m1/s1. The zero-order chi connectivity index (χ0) is 12.2. The zero-order valence-corrected chi connectivity index (χ0v) is 10.8. The summed E-state index contributed by atoms with van der Waals surface area (Å²) in [5.74, 6) is 1.59. The molecule has 0 aliphatic carbocycles. The molecule has 1 N–H and O–H groups in total. The molecule has 1 fully saturated rings. The first kappa shape index (κ1) is 11.7. The van der Waals surface area contributed by atoms with Crippen LogP contribution < -0.4 is 5.32 Å². The van der Waals surface area contributed by atoms with Crippen molar-refractivity contribution in [2.75, 3.05) is 12.3 Å². The highest BCUT2D eigenvalue weighted by Crippen LogP contribution is 2.24. The van der Waals surface area contributed by atoms with Gasteiger partial charge in [0, 0.05) is 17.4 Å². The van der Waals surface area contributed by atoms with Crippen LogP contribution in [0, 0.1) is 0 Å². The summed E-state index contributed by atoms with van der Waals surface area (Å²) in [6.45, 7) is 1.13. The maximum absolute atomic E-state index is 5.64. The molecule has 3 rings (SSSR count). The Kier molecular flexibility index (Phi) is 3.61. The molecule has 1 aromatic heterocycles. The number of rotatable bonds is 4. The van der Waals surface area contributed by atoms with E-state index in [9.17, 15) is 0 Å². The van der Waals surface area contributed by atoms with Crippen molar-refractivity contribution < 1.29 is 4.42 Å². The Bertz CT molecular complexity index is 494. The van der Waals surface area contributed by atoms with Gasteiger partial charge in [-0.05, 0) is 31.5 Å². The third kappa shape index (κ3) is 2.73. The van der Waals surface area contributed by atoms with Crippen molar-refractivity contribution in [1.29, 1.82) is 0 Å². The summed E-state index contributed by atoms with van der Waals surface area (Å²) in [5, 5.41) is 12.3. The number of hydrogen-bond acceptors (Lipinski definition) is 5. The molecule has 0 unspecified atom stereocenters. The van der Waals surface area contributed by atoms with Crippen LogP contribution in [0.2, 0.25) is 0 Å². The molecule has 94 valence electrons. The van der Waals surface area contributed by atoms with Gasteiger partial charge in [-0.15, -0.1) is 10.2 Å². The highest BCUT2D eigenvalue weighted by Gasteiger charge is 2.16. The normalized spacial score (nSPS) is 19.2. The van der Waals surface area contributed by atoms with Gasteiger partial charge in [-0.1, -0.05) is 30.0 Å². The molecule has 18 heavy (non-hydrogen) atoms. The first-order valence-corrected chi connectivity index (χ1v) is 7.15. The molecule has 1 saturated heterocycles. The van der Waals surface area contributed by atoms with Gasteiger partial charge in [-0.25, -0.2) is 0 Å². The average molecular weight is 261 g/mol. The largest absolute Gasteiger partial charge is 0.411 e. The molecule has 0 radical (unpaired) electrons. The summed E-state index contributed by atoms with van der Waals surface area (Å²) >= 11 is 1.63. The molecule has 0 saturated carbocycles. The molecular formula is C13H15N3OS. The first-order chi connectivity index (χ1) is 8.92. The lowest BCUT2D eigenvalue weighted by molar-refractivity contribution is 0.465. The predicted octanol–water partition coefficient (Wildman–Crippen LogP) is 2.58. The van der Waals surface area contributed by atoms with E-state index in [1.807, 2.05) is 30.3 Å². The van der Waals surface area contributed by atoms with E-state index in [2.05, 4.69) is 15.5 Å². The first-order valence-electron chi connectivity index (χ1n) is 6.17. The van der Waals surface area contributed by atoms with Gasteiger partial charge >= 0.3 is 0 Å². The van der Waals surface area contributed by atoms with Crippen LogP contribution in [0.4, 0.5) is 0 Å². The lowest BCUT2D eigenvalue weighted by atomic mass is 10.2. The number of nitrogens with one attached hydrogen (secondary N) is 1. The minimum Gasteiger partial charge on any atom is -0.411 e. The predicted molar refractivity (Wildman–Crippen MR) is 71.5 cm³/mol. The van der Waals surface area contributed by atoms with Gasteiger partial charge in [0.1, 0.15) is 0 Å². The number of nitrogens with zero attached hydrogens (tertiary/aromatic N) is 2. The van der Waals surface area contributed by atoms with Crippen LogP contribution >= 0.6 is 11.8 Å². The summed E-state index contributed by atoms with van der Waals surface area (Å²) in [6.07, 6.45) is 2.51. The molecule has 0 amide bonds. The smallest absolute Gasteiger partial charge is 0.276 e. The fourth-order valence-corrected chi connectivity index (χ4v) is 2.90. The van der Waals surface area contributed by atoms with Gasteiger partial charge in [0.25, 0.3) is 5.22 Å². The van der Waals surface area contributed by atoms with Crippen molar-refractivity contribution >= 4 is 11.8 Å². The molecule has 0 spiro atoms. The Hall–Kier alpha value is -1.33. The van der Waals surface area contributed by atoms with E-state index in [-0.39, 0.29) is 0 Å². The van der Waals surface area contributed by atoms with Crippen molar-refractivity contribution in [3.05, 3.63) is 30.3 Å². The molecule has 1 aliphatic rings. The second-order valence-electron chi connectivity index (χ2n) is 4.34. The second-order valence-corrected chi connectivity index (χ2v) is 5.31. The quantitative estimate of drug-likeness (QED) is 0.857. The Morgan fingerprint density at radius 3 is 2.94 bits per heavy atom. The van der Waals surface area contributed by atoms with Crippen LogP contribution in [0.15, 0.2) is 40.0 Å². The van der Waals surface area contributed by atoms with E-state index in [1.165, 1.54) is 12.8 Å². The van der Waals surface area contributed by atoms with Gasteiger partial charge in [-0.3, -0.25) is 0 Å². The van der Waals surface area contributed by atoms with Gasteiger partial charge < -0.3 is 9.73 Å². The summed E-state index contributed by atoms with van der Waals surface area (Å²) < 4.78 is 5.64. The van der Waals surface area contributed by atoms with Crippen molar-refractivity contribution in [2.45, 2.75) is 24.1 Å². The minimum absolute atomic E-state index is 0.585. The molecule has 5 heteroatoms. The maximum atomic E-state index is 5.64. The summed E-state index contributed by atoms with van der Waals surface area (Å²) in [4.78, 5) is 0. The van der Waals surface area contributed by atoms with Crippen LogP contribution in [0.1, 0.15) is 12.8 Å². The van der Waals surface area contributed by atoms with Crippen LogP contribution in [0.5, 0.6) is 0 Å². The molecule has 2 aromatic rings. The van der Waals surface area contributed by atoms with Crippen molar-refractivity contribution in [2.24, 2.45) is 0 Å². The average Bonchev–Trinajstić information content (AvgIpc) is 3.09. The summed E-state index contributed by atoms with van der Waals surface area (Å²) in [5.41, 5.74) is 0.968. The molecule has 2 heterocycles. The Labute approximate surface area is 110 Å². The van der Waals surface area contributed by atoms with E-state index < -0.39 is 0 Å². The number of benzene rings is 1. The van der Waals surface area contributed by atoms with E-state index >= 15 is 0 Å². The molecule has 1 aromatic carbocycles. The lowest BCUT2D eigenvalue weighted by Crippen LogP contribution is -2.23. The molecule has 1 aliphatic heterocycles. The van der Waals surface area contributed by atoms with Gasteiger partial charge in [0.15, 0.2) is 0 Å². The second kappa shape index (κ2) is 5.54. The highest BCUT2D eigenvalue weighted by molar-refractivity contribution is 7.99. The topological polar surface area (TPSA) is 51.0 Å². The van der Waals surface area contributed by atoms with Gasteiger partial charge in [-0.2, -0.15) is 0 Å². The SMILES string of the molecule is c1ccc(-c2nnc(SC[C@H]3CCCN3)o2)cc1. The van der Waals surface area contributed by atoms with Crippen LogP contribution in [-0.2, 0) is 0 Å². The zero-order valence-electron chi connectivity index (χ0n) is 10.0. The van der Waals surface area contributed by atoms with Crippen LogP contribution in [0.3, 0.4) is 0 Å². The Morgan fingerprint density at radius 2 is 2.17 bits per heavy atom. The monoisotopic (exact) mass is 261 g/mol. The van der Waals surface area contributed by atoms with E-state index in [1.54, 1.807) is 11.8 Å². The third-order valence-corrected chi connectivity index (χ3v) is 3.98. The third-order valence-electron chi connectivity index (χ3n) is 3.00. The molecule has 0 bridgehead atoms. The van der Waals surface area contributed by atoms with E-state index in [4.69, 9.17) is 4.42 Å².